The van der Waals surface area contributed by atoms with Gasteiger partial charge in [-0.3, -0.25) is 4.79 Å². The highest BCUT2D eigenvalue weighted by Gasteiger charge is 2.45. The first kappa shape index (κ1) is 24.3. The maximum absolute atomic E-state index is 13.6. The third kappa shape index (κ3) is 4.57. The molecule has 2 fully saturated rings. The number of hydrogen-bond donors (Lipinski definition) is 0. The fourth-order valence-corrected chi connectivity index (χ4v) is 6.14. The molecule has 0 aliphatic carbocycles. The number of sulfonamides is 1. The maximum atomic E-state index is 13.6. The van der Waals surface area contributed by atoms with Crippen LogP contribution in [0.1, 0.15) is 11.5 Å². The van der Waals surface area contributed by atoms with E-state index in [-0.39, 0.29) is 29.8 Å². The van der Waals surface area contributed by atoms with Crippen molar-refractivity contribution in [2.24, 2.45) is 5.92 Å². The van der Waals surface area contributed by atoms with Gasteiger partial charge in [0.1, 0.15) is 0 Å². The van der Waals surface area contributed by atoms with Gasteiger partial charge in [0.15, 0.2) is 11.5 Å². The predicted octanol–water partition coefficient (Wildman–Crippen LogP) is 1.98. The van der Waals surface area contributed by atoms with E-state index < -0.39 is 15.9 Å². The van der Waals surface area contributed by atoms with Crippen LogP contribution in [0, 0.1) is 5.92 Å². The lowest BCUT2D eigenvalue weighted by Crippen LogP contribution is -2.45. The van der Waals surface area contributed by atoms with E-state index in [1.165, 1.54) is 25.6 Å². The summed E-state index contributed by atoms with van der Waals surface area (Å²) in [4.78, 5) is 15.6. The molecule has 2 unspecified atom stereocenters. The topological polar surface area (TPSA) is 94.6 Å². The molecule has 2 atom stereocenters. The van der Waals surface area contributed by atoms with Gasteiger partial charge >= 0.3 is 0 Å². The Bertz CT molecular complexity index is 1090. The molecular weight excluding hydrogens is 460 g/mol. The molecule has 0 bridgehead atoms. The lowest BCUT2D eigenvalue weighted by molar-refractivity contribution is -0.139. The van der Waals surface area contributed by atoms with Crippen molar-refractivity contribution in [1.82, 2.24) is 9.21 Å². The minimum Gasteiger partial charge on any atom is -0.493 e. The monoisotopic (exact) mass is 490 g/mol. The van der Waals surface area contributed by atoms with Gasteiger partial charge in [0, 0.05) is 32.1 Å². The van der Waals surface area contributed by atoms with E-state index in [1.54, 1.807) is 47.4 Å². The van der Waals surface area contributed by atoms with Crippen molar-refractivity contribution in [1.29, 1.82) is 0 Å². The van der Waals surface area contributed by atoms with Crippen LogP contribution in [0.15, 0.2) is 47.4 Å². The molecule has 2 aromatic carbocycles. The van der Waals surface area contributed by atoms with Gasteiger partial charge in [0.25, 0.3) is 0 Å². The largest absolute Gasteiger partial charge is 0.493 e. The molecule has 0 radical (unpaired) electrons. The van der Waals surface area contributed by atoms with Crippen LogP contribution in [0.4, 0.5) is 0 Å². The molecule has 2 aliphatic rings. The van der Waals surface area contributed by atoms with Crippen LogP contribution in [-0.2, 0) is 19.6 Å². The molecule has 184 valence electrons. The molecule has 4 rings (SSSR count). The number of benzene rings is 2. The van der Waals surface area contributed by atoms with Gasteiger partial charge in [0.2, 0.25) is 21.7 Å². The average molecular weight is 491 g/mol. The zero-order valence-electron chi connectivity index (χ0n) is 19.6. The molecule has 10 heteroatoms. The van der Waals surface area contributed by atoms with Gasteiger partial charge < -0.3 is 23.8 Å². The molecule has 0 saturated carbocycles. The maximum Gasteiger partial charge on any atom is 0.243 e. The Morgan fingerprint density at radius 2 is 1.56 bits per heavy atom. The van der Waals surface area contributed by atoms with Crippen molar-refractivity contribution in [3.05, 3.63) is 48.0 Å². The summed E-state index contributed by atoms with van der Waals surface area (Å²) in [6, 6.07) is 11.9. The van der Waals surface area contributed by atoms with Gasteiger partial charge in [-0.2, -0.15) is 4.31 Å². The van der Waals surface area contributed by atoms with Gasteiger partial charge in [-0.25, -0.2) is 8.42 Å². The van der Waals surface area contributed by atoms with E-state index in [9.17, 15) is 13.2 Å². The van der Waals surface area contributed by atoms with Crippen molar-refractivity contribution >= 4 is 15.9 Å². The normalized spacial score (nSPS) is 21.3. The first-order valence-electron chi connectivity index (χ1n) is 11.1. The minimum atomic E-state index is -3.77. The lowest BCUT2D eigenvalue weighted by Gasteiger charge is -2.31. The third-order valence-corrected chi connectivity index (χ3v) is 8.27. The first-order valence-corrected chi connectivity index (χ1v) is 12.6. The Morgan fingerprint density at radius 3 is 2.12 bits per heavy atom. The van der Waals surface area contributed by atoms with Crippen molar-refractivity contribution in [3.63, 3.8) is 0 Å². The average Bonchev–Trinajstić information content (AvgIpc) is 3.34. The first-order chi connectivity index (χ1) is 16.4. The van der Waals surface area contributed by atoms with Gasteiger partial charge in [-0.1, -0.05) is 18.2 Å². The molecule has 0 N–H and O–H groups in total. The number of amides is 1. The Balaban J connectivity index is 1.74. The van der Waals surface area contributed by atoms with Crippen LogP contribution in [0.2, 0.25) is 0 Å². The number of nitrogens with zero attached hydrogens (tertiary/aromatic N) is 2. The summed E-state index contributed by atoms with van der Waals surface area (Å²) >= 11 is 0. The van der Waals surface area contributed by atoms with Crippen LogP contribution in [0.3, 0.4) is 0 Å². The second-order valence-corrected chi connectivity index (χ2v) is 10.2. The fraction of sp³-hybridized carbons (Fsp3) is 0.458. The van der Waals surface area contributed by atoms with Gasteiger partial charge in [-0.05, 0) is 29.8 Å². The molecule has 2 saturated heterocycles. The Morgan fingerprint density at radius 1 is 0.941 bits per heavy atom. The van der Waals surface area contributed by atoms with Crippen molar-refractivity contribution in [3.8, 4) is 17.2 Å². The number of morpholine rings is 1. The van der Waals surface area contributed by atoms with Crippen LogP contribution in [0.5, 0.6) is 17.2 Å². The highest BCUT2D eigenvalue weighted by atomic mass is 32.2. The molecule has 2 heterocycles. The summed E-state index contributed by atoms with van der Waals surface area (Å²) in [6.45, 7) is 2.18. The molecule has 0 aromatic heterocycles. The predicted molar refractivity (Wildman–Crippen MR) is 125 cm³/mol. The highest BCUT2D eigenvalue weighted by Crippen LogP contribution is 2.44. The van der Waals surface area contributed by atoms with Crippen molar-refractivity contribution in [2.75, 3.05) is 60.7 Å². The Hall–Kier alpha value is -2.82. The van der Waals surface area contributed by atoms with Crippen molar-refractivity contribution < 1.29 is 32.2 Å². The highest BCUT2D eigenvalue weighted by molar-refractivity contribution is 7.89. The molecule has 2 aliphatic heterocycles. The summed E-state index contributed by atoms with van der Waals surface area (Å²) in [7, 11) is 0.804. The zero-order chi connectivity index (χ0) is 24.3. The summed E-state index contributed by atoms with van der Waals surface area (Å²) in [5.41, 5.74) is 0.756. The SMILES string of the molecule is COc1cc(C2CN(S(=O)(=O)c3ccccc3)CC2C(=O)N2CCOCC2)cc(OC)c1OC. The minimum absolute atomic E-state index is 0.0761. The van der Waals surface area contributed by atoms with Crippen molar-refractivity contribution in [2.45, 2.75) is 10.8 Å². The number of hydrogen-bond acceptors (Lipinski definition) is 7. The van der Waals surface area contributed by atoms with Crippen LogP contribution in [0.25, 0.3) is 0 Å². The number of ether oxygens (including phenoxy) is 4. The van der Waals surface area contributed by atoms with E-state index >= 15 is 0 Å². The third-order valence-electron chi connectivity index (χ3n) is 6.42. The smallest absolute Gasteiger partial charge is 0.243 e. The van der Waals surface area contributed by atoms with Crippen LogP contribution < -0.4 is 14.2 Å². The van der Waals surface area contributed by atoms with E-state index in [2.05, 4.69) is 0 Å². The second-order valence-electron chi connectivity index (χ2n) is 8.24. The summed E-state index contributed by atoms with van der Waals surface area (Å²) in [5.74, 6) is 0.337. The number of carbonyl (C=O) groups is 1. The van der Waals surface area contributed by atoms with Gasteiger partial charge in [-0.15, -0.1) is 0 Å². The van der Waals surface area contributed by atoms with Gasteiger partial charge in [0.05, 0.1) is 45.4 Å². The number of rotatable bonds is 7. The van der Waals surface area contributed by atoms with Crippen LogP contribution in [-0.4, -0.2) is 84.3 Å². The number of carbonyl (C=O) groups excluding carboxylic acids is 1. The Kier molecular flexibility index (Phi) is 7.30. The summed E-state index contributed by atoms with van der Waals surface area (Å²) in [6.07, 6.45) is 0. The summed E-state index contributed by atoms with van der Waals surface area (Å²) in [5, 5.41) is 0. The molecule has 2 aromatic rings. The van der Waals surface area contributed by atoms with E-state index in [0.29, 0.717) is 43.6 Å². The standard InChI is InChI=1S/C24H30N2O7S/c1-30-21-13-17(14-22(31-2)23(21)32-3)19-15-26(34(28,29)18-7-5-4-6-8-18)16-20(19)24(27)25-9-11-33-12-10-25/h4-8,13-14,19-20H,9-12,15-16H2,1-3H3. The molecule has 9 nitrogen and oxygen atoms in total. The number of methoxy groups -OCH3 is 3. The van der Waals surface area contributed by atoms with Crippen LogP contribution >= 0.6 is 0 Å². The van der Waals surface area contributed by atoms with E-state index in [1.807, 2.05) is 0 Å². The quantitative estimate of drug-likeness (QED) is 0.586. The molecular formula is C24H30N2O7S. The molecule has 0 spiro atoms. The zero-order valence-corrected chi connectivity index (χ0v) is 20.4. The van der Waals surface area contributed by atoms with E-state index in [4.69, 9.17) is 18.9 Å². The van der Waals surface area contributed by atoms with E-state index in [0.717, 1.165) is 5.56 Å². The molecule has 1 amide bonds. The summed E-state index contributed by atoms with van der Waals surface area (Å²) < 4.78 is 50.1. The Labute approximate surface area is 200 Å². The molecule has 34 heavy (non-hydrogen) atoms. The fourth-order valence-electron chi connectivity index (χ4n) is 4.63. The second kappa shape index (κ2) is 10.2. The lowest BCUT2D eigenvalue weighted by atomic mass is 9.87.